The number of amides is 1. The van der Waals surface area contributed by atoms with Gasteiger partial charge in [-0.05, 0) is 79.3 Å². The highest BCUT2D eigenvalue weighted by molar-refractivity contribution is 5.93. The molecule has 48 heavy (non-hydrogen) atoms. The molecule has 2 aromatic carbocycles. The van der Waals surface area contributed by atoms with E-state index in [-0.39, 0.29) is 42.4 Å². The summed E-state index contributed by atoms with van der Waals surface area (Å²) in [5, 5.41) is 15.1. The van der Waals surface area contributed by atoms with Crippen LogP contribution in [0.25, 0.3) is 27.8 Å². The largest absolute Gasteiger partial charge is 0.491 e. The molecule has 7 rings (SSSR count). The molecule has 11 nitrogen and oxygen atoms in total. The number of fused-ring (bicyclic) bond motifs is 2. The average molecular weight is 655 g/mol. The fraction of sp³-hybridized carbons (Fsp3) is 0.257. The molecule has 3 aliphatic rings. The lowest BCUT2D eigenvalue weighted by atomic mass is 9.90. The number of carbonyl (C=O) groups excluding carboxylic acids is 1. The van der Waals surface area contributed by atoms with Gasteiger partial charge in [0.1, 0.15) is 35.9 Å². The number of nitrogens with zero attached hydrogens (tertiary/aromatic N) is 4. The van der Waals surface area contributed by atoms with Crippen molar-refractivity contribution in [1.82, 2.24) is 29.7 Å². The van der Waals surface area contributed by atoms with E-state index in [2.05, 4.69) is 15.6 Å². The van der Waals surface area contributed by atoms with Crippen LogP contribution in [0.3, 0.4) is 0 Å². The van der Waals surface area contributed by atoms with Crippen molar-refractivity contribution in [3.63, 3.8) is 0 Å². The first-order valence-corrected chi connectivity index (χ1v) is 15.7. The summed E-state index contributed by atoms with van der Waals surface area (Å²) in [6, 6.07) is 14.9. The lowest BCUT2D eigenvalue weighted by Crippen LogP contribution is -2.46. The van der Waals surface area contributed by atoms with E-state index in [9.17, 15) is 23.2 Å². The van der Waals surface area contributed by atoms with Crippen LogP contribution < -0.4 is 26.6 Å². The lowest BCUT2D eigenvalue weighted by molar-refractivity contribution is -0.118. The predicted molar refractivity (Wildman–Crippen MR) is 174 cm³/mol. The van der Waals surface area contributed by atoms with Crippen LogP contribution in [0.1, 0.15) is 31.7 Å². The normalized spacial score (nSPS) is 20.1. The molecule has 0 radical (unpaired) electrons. The second kappa shape index (κ2) is 12.9. The Hall–Kier alpha value is -5.56. The number of hydrogen-bond acceptors (Lipinski definition) is 8. The number of aliphatic hydroxyl groups is 1. The van der Waals surface area contributed by atoms with Crippen molar-refractivity contribution in [2.75, 3.05) is 13.2 Å². The summed E-state index contributed by atoms with van der Waals surface area (Å²) in [7, 11) is 0. The van der Waals surface area contributed by atoms with Gasteiger partial charge >= 0.3 is 5.69 Å². The highest BCUT2D eigenvalue weighted by atomic mass is 19.1. The molecule has 4 aromatic rings. The number of aliphatic hydroxyl groups excluding tert-OH is 1. The molecule has 2 aromatic heterocycles. The Balaban J connectivity index is 1.15. The van der Waals surface area contributed by atoms with Gasteiger partial charge in [0.05, 0.1) is 23.9 Å². The van der Waals surface area contributed by atoms with Crippen LogP contribution in [-0.4, -0.2) is 55.5 Å². The number of aromatic nitrogens is 3. The summed E-state index contributed by atoms with van der Waals surface area (Å²) in [5.41, 5.74) is 1.24. The monoisotopic (exact) mass is 654 g/mol. The minimum atomic E-state index is -0.695. The summed E-state index contributed by atoms with van der Waals surface area (Å²) in [4.78, 5) is 46.7. The van der Waals surface area contributed by atoms with E-state index in [4.69, 9.17) is 9.84 Å². The minimum Gasteiger partial charge on any atom is -0.491 e. The van der Waals surface area contributed by atoms with Gasteiger partial charge in [0.2, 0.25) is 0 Å². The van der Waals surface area contributed by atoms with Gasteiger partial charge in [-0.15, -0.1) is 0 Å². The molecular formula is C35H32F2N6O5. The third kappa shape index (κ3) is 5.99. The summed E-state index contributed by atoms with van der Waals surface area (Å²) < 4.78 is 36.0. The second-order valence-electron chi connectivity index (χ2n) is 11.9. The van der Waals surface area contributed by atoms with Gasteiger partial charge < -0.3 is 25.4 Å². The third-order valence-electron chi connectivity index (χ3n) is 8.80. The number of rotatable bonds is 8. The SMILES string of the molecule is O=C(NC1CCC(n2c(=O)c3cc(F)cnc3n(-c3cccc(-c4ccc(OCCO)cc4)c3)c2=O)CC1)C1=CN2C=C(F)C=CC2N1. The topological polar surface area (TPSA) is 131 Å². The smallest absolute Gasteiger partial charge is 0.337 e. The van der Waals surface area contributed by atoms with E-state index in [1.807, 2.05) is 18.2 Å². The van der Waals surface area contributed by atoms with Crippen LogP contribution in [0.15, 0.2) is 106 Å². The molecule has 0 saturated heterocycles. The molecule has 1 amide bonds. The summed E-state index contributed by atoms with van der Waals surface area (Å²) in [6.45, 7) is 0.0825. The first-order chi connectivity index (χ1) is 23.3. The maximum atomic E-state index is 14.4. The van der Waals surface area contributed by atoms with E-state index in [0.717, 1.165) is 23.4 Å². The van der Waals surface area contributed by atoms with Crippen molar-refractivity contribution in [1.29, 1.82) is 0 Å². The molecule has 0 bridgehead atoms. The Morgan fingerprint density at radius 2 is 1.81 bits per heavy atom. The Kier molecular flexibility index (Phi) is 8.36. The predicted octanol–water partition coefficient (Wildman–Crippen LogP) is 3.78. The summed E-state index contributed by atoms with van der Waals surface area (Å²) in [6.07, 6.45) is 8.33. The highest BCUT2D eigenvalue weighted by Crippen LogP contribution is 2.29. The number of hydrogen-bond donors (Lipinski definition) is 3. The van der Waals surface area contributed by atoms with Crippen LogP contribution >= 0.6 is 0 Å². The van der Waals surface area contributed by atoms with Gasteiger partial charge in [0, 0.05) is 24.5 Å². The average Bonchev–Trinajstić information content (AvgIpc) is 3.52. The molecule has 246 valence electrons. The molecule has 1 saturated carbocycles. The van der Waals surface area contributed by atoms with Crippen LogP contribution in [0.4, 0.5) is 8.78 Å². The van der Waals surface area contributed by atoms with Crippen molar-refractivity contribution >= 4 is 16.9 Å². The standard InChI is InChI=1S/C35H32F2N6O5/c36-23-6-13-31-40-30(20-41(31)19-23)33(45)39-25-7-9-26(10-8-25)43-34(46)29-17-24(37)18-38-32(29)42(35(43)47)27-3-1-2-22(16-27)21-4-11-28(12-5-21)48-15-14-44/h1-6,11-13,16-20,25-26,31,40,44H,7-10,14-15H2,(H,39,45). The van der Waals surface area contributed by atoms with E-state index in [0.29, 0.717) is 42.8 Å². The van der Waals surface area contributed by atoms with Gasteiger partial charge in [0.25, 0.3) is 11.5 Å². The van der Waals surface area contributed by atoms with Gasteiger partial charge in [-0.25, -0.2) is 23.1 Å². The molecule has 1 fully saturated rings. The number of ether oxygens (including phenoxy) is 1. The van der Waals surface area contributed by atoms with Crippen molar-refractivity contribution in [2.24, 2.45) is 0 Å². The number of allylic oxidation sites excluding steroid dienone is 2. The maximum absolute atomic E-state index is 14.4. The van der Waals surface area contributed by atoms with Gasteiger partial charge in [-0.3, -0.25) is 14.2 Å². The third-order valence-corrected chi connectivity index (χ3v) is 8.80. The van der Waals surface area contributed by atoms with Gasteiger partial charge in [-0.1, -0.05) is 24.3 Å². The number of halogens is 2. The van der Waals surface area contributed by atoms with Crippen molar-refractivity contribution in [3.8, 4) is 22.6 Å². The second-order valence-corrected chi connectivity index (χ2v) is 11.9. The molecule has 1 unspecified atom stereocenters. The Labute approximate surface area is 273 Å². The van der Waals surface area contributed by atoms with Crippen LogP contribution in [-0.2, 0) is 4.79 Å². The van der Waals surface area contributed by atoms with Crippen molar-refractivity contribution in [2.45, 2.75) is 43.9 Å². The fourth-order valence-corrected chi connectivity index (χ4v) is 6.47. The fourth-order valence-electron chi connectivity index (χ4n) is 6.47. The minimum absolute atomic E-state index is 0.0175. The lowest BCUT2D eigenvalue weighted by Gasteiger charge is -2.30. The molecule has 0 spiro atoms. The first-order valence-electron chi connectivity index (χ1n) is 15.7. The molecular weight excluding hydrogens is 622 g/mol. The first kappa shape index (κ1) is 31.1. The van der Waals surface area contributed by atoms with Crippen LogP contribution in [0.2, 0.25) is 0 Å². The quantitative estimate of drug-likeness (QED) is 0.262. The van der Waals surface area contributed by atoms with E-state index in [1.54, 1.807) is 47.5 Å². The van der Waals surface area contributed by atoms with Crippen molar-refractivity contribution < 1.29 is 23.4 Å². The van der Waals surface area contributed by atoms with E-state index in [1.165, 1.54) is 21.4 Å². The Morgan fingerprint density at radius 1 is 1.02 bits per heavy atom. The van der Waals surface area contributed by atoms with E-state index >= 15 is 0 Å². The molecule has 4 heterocycles. The zero-order chi connectivity index (χ0) is 33.4. The van der Waals surface area contributed by atoms with Gasteiger partial charge in [0.15, 0.2) is 5.65 Å². The molecule has 1 atom stereocenters. The summed E-state index contributed by atoms with van der Waals surface area (Å²) in [5.74, 6) is -0.823. The van der Waals surface area contributed by atoms with E-state index < -0.39 is 28.9 Å². The Morgan fingerprint density at radius 3 is 2.58 bits per heavy atom. The summed E-state index contributed by atoms with van der Waals surface area (Å²) >= 11 is 0. The Bertz CT molecular complexity index is 2100. The van der Waals surface area contributed by atoms with Crippen LogP contribution in [0, 0.1) is 5.82 Å². The molecule has 1 aliphatic carbocycles. The highest BCUT2D eigenvalue weighted by Gasteiger charge is 2.31. The number of benzene rings is 2. The molecule has 3 N–H and O–H groups in total. The number of nitrogens with one attached hydrogen (secondary N) is 2. The maximum Gasteiger partial charge on any atom is 0.337 e. The zero-order valence-corrected chi connectivity index (χ0v) is 25.7. The molecule has 2 aliphatic heterocycles. The van der Waals surface area contributed by atoms with Gasteiger partial charge in [-0.2, -0.15) is 0 Å². The van der Waals surface area contributed by atoms with Crippen molar-refractivity contribution in [3.05, 3.63) is 124 Å². The molecule has 13 heteroatoms. The van der Waals surface area contributed by atoms with Crippen LogP contribution in [0.5, 0.6) is 5.75 Å². The number of carbonyl (C=O) groups is 1. The number of pyridine rings is 1. The zero-order valence-electron chi connectivity index (χ0n) is 25.7.